The second kappa shape index (κ2) is 9.83. The maximum Gasteiger partial charge on any atom is 0.236 e. The van der Waals surface area contributed by atoms with E-state index in [4.69, 9.17) is 0 Å². The third-order valence-corrected chi connectivity index (χ3v) is 6.74. The molecule has 1 aromatic rings. The van der Waals surface area contributed by atoms with Gasteiger partial charge in [0.15, 0.2) is 0 Å². The van der Waals surface area contributed by atoms with Gasteiger partial charge in [-0.15, -0.1) is 0 Å². The summed E-state index contributed by atoms with van der Waals surface area (Å²) in [5, 5.41) is 8.70. The van der Waals surface area contributed by atoms with E-state index in [1.165, 1.54) is 31.4 Å². The lowest BCUT2D eigenvalue weighted by atomic mass is 9.91. The minimum Gasteiger partial charge on any atom is -0.339 e. The first-order valence-corrected chi connectivity index (χ1v) is 11.3. The van der Waals surface area contributed by atoms with Gasteiger partial charge in [0.25, 0.3) is 0 Å². The summed E-state index contributed by atoms with van der Waals surface area (Å²) in [6.07, 6.45) is 9.21. The summed E-state index contributed by atoms with van der Waals surface area (Å²) in [4.78, 5) is 19.5. The molecule has 0 bridgehead atoms. The van der Waals surface area contributed by atoms with Gasteiger partial charge in [0, 0.05) is 50.9 Å². The van der Waals surface area contributed by atoms with Crippen molar-refractivity contribution in [3.8, 4) is 0 Å². The van der Waals surface area contributed by atoms with Gasteiger partial charge in [-0.2, -0.15) is 10.2 Å². The van der Waals surface area contributed by atoms with Crippen LogP contribution in [-0.2, 0) is 17.8 Å². The predicted octanol–water partition coefficient (Wildman–Crippen LogP) is 2.97. The molecule has 0 aromatic carbocycles. The number of aromatic nitrogens is 2. The highest BCUT2D eigenvalue weighted by atomic mass is 19.1. The van der Waals surface area contributed by atoms with Gasteiger partial charge < -0.3 is 4.90 Å². The van der Waals surface area contributed by atoms with E-state index in [9.17, 15) is 9.18 Å². The minimum absolute atomic E-state index is 0.211. The molecule has 166 valence electrons. The van der Waals surface area contributed by atoms with E-state index >= 15 is 0 Å². The Bertz CT molecular complexity index is 884. The lowest BCUT2D eigenvalue weighted by molar-refractivity contribution is -0.135. The van der Waals surface area contributed by atoms with Crippen molar-refractivity contribution in [1.82, 2.24) is 24.9 Å². The second-order valence-corrected chi connectivity index (χ2v) is 8.64. The Kier molecular flexibility index (Phi) is 6.92. The molecule has 6 nitrogen and oxygen atoms in total. The molecule has 3 heterocycles. The normalized spacial score (nSPS) is 21.5. The molecule has 7 heteroatoms. The number of carbonyl (C=O) groups is 1. The number of piperazine rings is 1. The number of fused-ring (bicyclic) bond motifs is 1. The van der Waals surface area contributed by atoms with Crippen molar-refractivity contribution in [3.05, 3.63) is 53.7 Å². The summed E-state index contributed by atoms with van der Waals surface area (Å²) in [6, 6.07) is 2.75. The molecule has 3 aliphatic rings. The van der Waals surface area contributed by atoms with E-state index in [0.717, 1.165) is 56.4 Å². The molecule has 0 unspecified atom stereocenters. The molecule has 1 aliphatic carbocycles. The zero-order chi connectivity index (χ0) is 21.8. The fourth-order valence-electron chi connectivity index (χ4n) is 4.54. The molecule has 1 saturated carbocycles. The van der Waals surface area contributed by atoms with Crippen molar-refractivity contribution in [2.75, 3.05) is 39.3 Å². The van der Waals surface area contributed by atoms with Crippen molar-refractivity contribution in [1.29, 1.82) is 0 Å². The summed E-state index contributed by atoms with van der Waals surface area (Å²) >= 11 is 0. The van der Waals surface area contributed by atoms with Crippen LogP contribution in [0.4, 0.5) is 4.39 Å². The number of amides is 1. The topological polar surface area (TPSA) is 52.6 Å². The SMILES string of the molecule is C=C/C(F)=C\C(=C/C)c1cc2c(nn1)CN(CC(=O)N1CCN(C3CCC3)CC1)CC2. The minimum atomic E-state index is -0.397. The van der Waals surface area contributed by atoms with Gasteiger partial charge in [-0.1, -0.05) is 19.1 Å². The van der Waals surface area contributed by atoms with Gasteiger partial charge in [-0.3, -0.25) is 14.6 Å². The van der Waals surface area contributed by atoms with Gasteiger partial charge in [0.2, 0.25) is 5.91 Å². The maximum absolute atomic E-state index is 13.6. The fraction of sp³-hybridized carbons (Fsp3) is 0.542. The maximum atomic E-state index is 13.6. The standard InChI is InChI=1S/C24H32FN5O/c1-3-18(14-20(25)4-2)22-15-19-8-9-28(16-23(19)27-26-22)17-24(31)30-12-10-29(11-13-30)21-6-5-7-21/h3-4,14-15,21H,2,5-13,16-17H2,1H3/b18-3+,20-14+. The number of hydrogen-bond donors (Lipinski definition) is 0. The molecular weight excluding hydrogens is 393 g/mol. The van der Waals surface area contributed by atoms with E-state index in [2.05, 4.69) is 26.6 Å². The van der Waals surface area contributed by atoms with E-state index in [1.54, 1.807) is 0 Å². The summed E-state index contributed by atoms with van der Waals surface area (Å²) < 4.78 is 13.6. The van der Waals surface area contributed by atoms with Crippen LogP contribution in [0.15, 0.2) is 36.7 Å². The van der Waals surface area contributed by atoms with Crippen LogP contribution < -0.4 is 0 Å². The number of halogens is 1. The molecule has 0 atom stereocenters. The molecular formula is C24H32FN5O. The van der Waals surface area contributed by atoms with Crippen LogP contribution in [0, 0.1) is 0 Å². The van der Waals surface area contributed by atoms with E-state index in [1.807, 2.05) is 24.0 Å². The smallest absolute Gasteiger partial charge is 0.236 e. The van der Waals surface area contributed by atoms with Crippen molar-refractivity contribution >= 4 is 11.5 Å². The Hall–Kier alpha value is -2.38. The molecule has 2 aliphatic heterocycles. The molecule has 31 heavy (non-hydrogen) atoms. The summed E-state index contributed by atoms with van der Waals surface area (Å²) in [6.45, 7) is 10.8. The van der Waals surface area contributed by atoms with Crippen molar-refractivity contribution in [2.45, 2.75) is 45.2 Å². The Labute approximate surface area is 184 Å². The first kappa shape index (κ1) is 21.8. The molecule has 1 amide bonds. The van der Waals surface area contributed by atoms with E-state index < -0.39 is 5.83 Å². The van der Waals surface area contributed by atoms with Crippen LogP contribution in [0.25, 0.3) is 5.57 Å². The van der Waals surface area contributed by atoms with Crippen LogP contribution in [0.1, 0.15) is 43.1 Å². The molecule has 1 aromatic heterocycles. The molecule has 4 rings (SSSR count). The van der Waals surface area contributed by atoms with Crippen LogP contribution in [0.5, 0.6) is 0 Å². The Morgan fingerprint density at radius 1 is 1.23 bits per heavy atom. The Morgan fingerprint density at radius 3 is 2.65 bits per heavy atom. The molecule has 2 fully saturated rings. The molecule has 1 saturated heterocycles. The zero-order valence-electron chi connectivity index (χ0n) is 18.4. The van der Waals surface area contributed by atoms with Crippen LogP contribution in [0.3, 0.4) is 0 Å². The van der Waals surface area contributed by atoms with Gasteiger partial charge in [0.1, 0.15) is 5.83 Å². The fourth-order valence-corrected chi connectivity index (χ4v) is 4.54. The number of rotatable bonds is 6. The molecule has 0 spiro atoms. The summed E-state index contributed by atoms with van der Waals surface area (Å²) in [5.41, 5.74) is 3.37. The van der Waals surface area contributed by atoms with Gasteiger partial charge in [0.05, 0.1) is 17.9 Å². The third-order valence-electron chi connectivity index (χ3n) is 6.74. The average molecular weight is 426 g/mol. The zero-order valence-corrected chi connectivity index (χ0v) is 18.4. The van der Waals surface area contributed by atoms with E-state index in [-0.39, 0.29) is 5.91 Å². The number of carbonyl (C=O) groups excluding carboxylic acids is 1. The van der Waals surface area contributed by atoms with Crippen molar-refractivity contribution < 1.29 is 9.18 Å². The van der Waals surface area contributed by atoms with Gasteiger partial charge >= 0.3 is 0 Å². The second-order valence-electron chi connectivity index (χ2n) is 8.64. The largest absolute Gasteiger partial charge is 0.339 e. The average Bonchev–Trinajstić information content (AvgIpc) is 2.76. The Morgan fingerprint density at radius 2 is 2.00 bits per heavy atom. The molecule has 0 radical (unpaired) electrons. The van der Waals surface area contributed by atoms with Crippen LogP contribution in [0.2, 0.25) is 0 Å². The van der Waals surface area contributed by atoms with Crippen LogP contribution in [-0.4, -0.2) is 76.1 Å². The Balaban J connectivity index is 1.33. The highest BCUT2D eigenvalue weighted by Gasteiger charge is 2.30. The quantitative estimate of drug-likeness (QED) is 0.656. The summed E-state index contributed by atoms with van der Waals surface area (Å²) in [7, 11) is 0. The van der Waals surface area contributed by atoms with Crippen molar-refractivity contribution in [2.24, 2.45) is 0 Å². The number of nitrogens with zero attached hydrogens (tertiary/aromatic N) is 5. The van der Waals surface area contributed by atoms with Gasteiger partial charge in [-0.25, -0.2) is 4.39 Å². The van der Waals surface area contributed by atoms with Gasteiger partial charge in [-0.05, 0) is 50.0 Å². The lowest BCUT2D eigenvalue weighted by Crippen LogP contribution is -2.55. The number of allylic oxidation sites excluding steroid dienone is 5. The highest BCUT2D eigenvalue weighted by Crippen LogP contribution is 2.26. The third kappa shape index (κ3) is 5.10. The highest BCUT2D eigenvalue weighted by molar-refractivity contribution is 5.78. The van der Waals surface area contributed by atoms with Crippen LogP contribution >= 0.6 is 0 Å². The number of hydrogen-bond acceptors (Lipinski definition) is 5. The van der Waals surface area contributed by atoms with Crippen molar-refractivity contribution in [3.63, 3.8) is 0 Å². The first-order chi connectivity index (χ1) is 15.1. The lowest BCUT2D eigenvalue weighted by Gasteiger charge is -2.43. The predicted molar refractivity (Wildman–Crippen MR) is 120 cm³/mol. The first-order valence-electron chi connectivity index (χ1n) is 11.3. The summed E-state index contributed by atoms with van der Waals surface area (Å²) in [5.74, 6) is -0.187. The monoisotopic (exact) mass is 425 g/mol. The van der Waals surface area contributed by atoms with E-state index in [0.29, 0.717) is 24.4 Å². The molecule has 0 N–H and O–H groups in total.